The number of aryl methyl sites for hydroxylation is 1. The highest BCUT2D eigenvalue weighted by Gasteiger charge is 2.24. The summed E-state index contributed by atoms with van der Waals surface area (Å²) in [5.74, 6) is 0.169. The first-order chi connectivity index (χ1) is 14.1. The van der Waals surface area contributed by atoms with Crippen molar-refractivity contribution in [1.82, 2.24) is 0 Å². The summed E-state index contributed by atoms with van der Waals surface area (Å²) in [7, 11) is 0. The van der Waals surface area contributed by atoms with E-state index in [1.165, 1.54) is 12.1 Å². The number of benzene rings is 3. The molecule has 3 aromatic rings. The minimum absolute atomic E-state index is 0.234. The highest BCUT2D eigenvalue weighted by Crippen LogP contribution is 2.22. The number of hydrogen-bond donors (Lipinski definition) is 0. The molecule has 0 fully saturated rings. The lowest BCUT2D eigenvalue weighted by molar-refractivity contribution is -0.129. The van der Waals surface area contributed by atoms with E-state index in [-0.39, 0.29) is 11.5 Å². The summed E-state index contributed by atoms with van der Waals surface area (Å²) in [4.78, 5) is 16.5. The lowest BCUT2D eigenvalue weighted by Gasteiger charge is -2.07. The van der Waals surface area contributed by atoms with Crippen molar-refractivity contribution in [3.8, 4) is 5.75 Å². The van der Waals surface area contributed by atoms with Gasteiger partial charge in [-0.15, -0.1) is 0 Å². The number of carbonyl (C=O) groups is 1. The van der Waals surface area contributed by atoms with Crippen molar-refractivity contribution in [2.24, 2.45) is 4.99 Å². The molecule has 29 heavy (non-hydrogen) atoms. The summed E-state index contributed by atoms with van der Waals surface area (Å²) >= 11 is 0. The summed E-state index contributed by atoms with van der Waals surface area (Å²) < 4.78 is 24.1. The molecule has 0 spiro atoms. The Bertz CT molecular complexity index is 1120. The number of esters is 1. The fourth-order valence-corrected chi connectivity index (χ4v) is 2.91. The Kier molecular flexibility index (Phi) is 5.20. The van der Waals surface area contributed by atoms with E-state index in [2.05, 4.69) is 4.99 Å². The van der Waals surface area contributed by atoms with Crippen LogP contribution in [0.15, 0.2) is 83.5 Å². The Hall–Kier alpha value is -3.73. The van der Waals surface area contributed by atoms with Gasteiger partial charge in [0.15, 0.2) is 5.70 Å². The third-order valence-electron chi connectivity index (χ3n) is 4.37. The van der Waals surface area contributed by atoms with Gasteiger partial charge in [-0.2, -0.15) is 0 Å². The summed E-state index contributed by atoms with van der Waals surface area (Å²) in [5, 5.41) is 0. The summed E-state index contributed by atoms with van der Waals surface area (Å²) in [6.45, 7) is 2.28. The molecule has 1 aliphatic heterocycles. The maximum Gasteiger partial charge on any atom is 0.363 e. The number of ether oxygens (including phenoxy) is 2. The third-order valence-corrected chi connectivity index (χ3v) is 4.37. The average molecular weight is 387 g/mol. The van der Waals surface area contributed by atoms with Gasteiger partial charge in [0.05, 0.1) is 0 Å². The topological polar surface area (TPSA) is 47.9 Å². The lowest BCUT2D eigenvalue weighted by atomic mass is 10.1. The SMILES string of the molecule is Cc1cccc(C2=N/C(=C/c3cccc(OCc4ccc(F)cc4)c3)C(=O)O2)c1. The molecular formula is C24H18FNO3. The van der Waals surface area contributed by atoms with E-state index in [1.54, 1.807) is 18.2 Å². The molecule has 4 nitrogen and oxygen atoms in total. The summed E-state index contributed by atoms with van der Waals surface area (Å²) in [6.07, 6.45) is 1.66. The van der Waals surface area contributed by atoms with Crippen molar-refractivity contribution >= 4 is 17.9 Å². The normalized spacial score (nSPS) is 14.6. The van der Waals surface area contributed by atoms with Crippen LogP contribution in [0.25, 0.3) is 6.08 Å². The molecule has 144 valence electrons. The molecule has 0 saturated carbocycles. The van der Waals surface area contributed by atoms with Gasteiger partial charge in [-0.25, -0.2) is 14.2 Å². The molecule has 1 aliphatic rings. The molecule has 0 saturated heterocycles. The van der Waals surface area contributed by atoms with Crippen LogP contribution in [0.3, 0.4) is 0 Å². The third kappa shape index (κ3) is 4.58. The monoisotopic (exact) mass is 387 g/mol. The molecule has 4 rings (SSSR count). The number of hydrogen-bond acceptors (Lipinski definition) is 4. The minimum Gasteiger partial charge on any atom is -0.489 e. The molecule has 0 N–H and O–H groups in total. The van der Waals surface area contributed by atoms with Gasteiger partial charge in [-0.05, 0) is 60.5 Å². The van der Waals surface area contributed by atoms with Gasteiger partial charge >= 0.3 is 5.97 Å². The van der Waals surface area contributed by atoms with Crippen molar-refractivity contribution in [3.05, 3.63) is 107 Å². The van der Waals surface area contributed by atoms with Crippen LogP contribution in [-0.2, 0) is 16.1 Å². The molecule has 5 heteroatoms. The van der Waals surface area contributed by atoms with Gasteiger partial charge in [-0.3, -0.25) is 0 Å². The Morgan fingerprint density at radius 2 is 1.83 bits per heavy atom. The molecule has 0 atom stereocenters. The molecular weight excluding hydrogens is 369 g/mol. The number of aliphatic imine (C=N–C) groups is 1. The van der Waals surface area contributed by atoms with Gasteiger partial charge in [0.1, 0.15) is 18.2 Å². The zero-order valence-electron chi connectivity index (χ0n) is 15.8. The Labute approximate surface area is 167 Å². The number of carbonyl (C=O) groups excluding carboxylic acids is 1. The van der Waals surface area contributed by atoms with Crippen LogP contribution < -0.4 is 4.74 Å². The standard InChI is InChI=1S/C24H18FNO3/c1-16-4-2-6-19(12-16)23-26-22(24(27)29-23)14-18-5-3-7-21(13-18)28-15-17-8-10-20(25)11-9-17/h2-14H,15H2,1H3/b22-14+. The molecule has 0 bridgehead atoms. The van der Waals surface area contributed by atoms with E-state index in [9.17, 15) is 9.18 Å². The van der Waals surface area contributed by atoms with Crippen LogP contribution in [0.4, 0.5) is 4.39 Å². The predicted molar refractivity (Wildman–Crippen MR) is 109 cm³/mol. The van der Waals surface area contributed by atoms with Crippen LogP contribution in [0, 0.1) is 12.7 Å². The van der Waals surface area contributed by atoms with E-state index in [1.807, 2.05) is 55.5 Å². The average Bonchev–Trinajstić information content (AvgIpc) is 3.08. The van der Waals surface area contributed by atoms with Gasteiger partial charge in [0.2, 0.25) is 5.90 Å². The van der Waals surface area contributed by atoms with Gasteiger partial charge in [-0.1, -0.05) is 42.0 Å². The second kappa shape index (κ2) is 8.10. The van der Waals surface area contributed by atoms with E-state index in [0.29, 0.717) is 18.3 Å². The smallest absolute Gasteiger partial charge is 0.363 e. The predicted octanol–water partition coefficient (Wildman–Crippen LogP) is 5.06. The first kappa shape index (κ1) is 18.6. The lowest BCUT2D eigenvalue weighted by Crippen LogP contribution is -2.05. The molecule has 0 aliphatic carbocycles. The summed E-state index contributed by atoms with van der Waals surface area (Å²) in [6, 6.07) is 21.1. The molecule has 1 heterocycles. The Balaban J connectivity index is 1.51. The Morgan fingerprint density at radius 3 is 2.62 bits per heavy atom. The fraction of sp³-hybridized carbons (Fsp3) is 0.0833. The second-order valence-electron chi connectivity index (χ2n) is 6.69. The van der Waals surface area contributed by atoms with Crippen LogP contribution >= 0.6 is 0 Å². The maximum absolute atomic E-state index is 13.0. The quantitative estimate of drug-likeness (QED) is 0.454. The largest absolute Gasteiger partial charge is 0.489 e. The van der Waals surface area contributed by atoms with E-state index < -0.39 is 5.97 Å². The first-order valence-electron chi connectivity index (χ1n) is 9.14. The van der Waals surface area contributed by atoms with Crippen LogP contribution in [0.5, 0.6) is 5.75 Å². The van der Waals surface area contributed by atoms with Gasteiger partial charge in [0, 0.05) is 5.56 Å². The molecule has 0 amide bonds. The Morgan fingerprint density at radius 1 is 1.03 bits per heavy atom. The molecule has 3 aromatic carbocycles. The molecule has 0 aromatic heterocycles. The van der Waals surface area contributed by atoms with Crippen LogP contribution in [-0.4, -0.2) is 11.9 Å². The van der Waals surface area contributed by atoms with Crippen molar-refractivity contribution in [2.75, 3.05) is 0 Å². The number of cyclic esters (lactones) is 1. The maximum atomic E-state index is 13.0. The van der Waals surface area contributed by atoms with Crippen molar-refractivity contribution < 1.29 is 18.7 Å². The summed E-state index contributed by atoms with van der Waals surface area (Å²) in [5.41, 5.74) is 3.68. The van der Waals surface area contributed by atoms with Crippen molar-refractivity contribution in [2.45, 2.75) is 13.5 Å². The molecule has 0 unspecified atom stereocenters. The second-order valence-corrected chi connectivity index (χ2v) is 6.69. The number of rotatable bonds is 5. The van der Waals surface area contributed by atoms with Crippen LogP contribution in [0.1, 0.15) is 22.3 Å². The number of halogens is 1. The highest BCUT2D eigenvalue weighted by atomic mass is 19.1. The minimum atomic E-state index is -0.487. The van der Waals surface area contributed by atoms with Crippen molar-refractivity contribution in [3.63, 3.8) is 0 Å². The van der Waals surface area contributed by atoms with Gasteiger partial charge < -0.3 is 9.47 Å². The van der Waals surface area contributed by atoms with Crippen molar-refractivity contribution in [1.29, 1.82) is 0 Å². The zero-order chi connectivity index (χ0) is 20.2. The fourth-order valence-electron chi connectivity index (χ4n) is 2.91. The van der Waals surface area contributed by atoms with Crippen LogP contribution in [0.2, 0.25) is 0 Å². The van der Waals surface area contributed by atoms with E-state index >= 15 is 0 Å². The molecule has 0 radical (unpaired) electrons. The highest BCUT2D eigenvalue weighted by molar-refractivity contribution is 6.12. The first-order valence-corrected chi connectivity index (χ1v) is 9.14. The zero-order valence-corrected chi connectivity index (χ0v) is 15.8. The van der Waals surface area contributed by atoms with E-state index in [0.717, 1.165) is 22.3 Å². The number of nitrogens with zero attached hydrogens (tertiary/aromatic N) is 1. The van der Waals surface area contributed by atoms with E-state index in [4.69, 9.17) is 9.47 Å². The van der Waals surface area contributed by atoms with Gasteiger partial charge in [0.25, 0.3) is 0 Å².